The van der Waals surface area contributed by atoms with Gasteiger partial charge in [-0.1, -0.05) is 26.0 Å². The number of aryl methyl sites for hydroxylation is 1. The molecule has 2 aromatic rings. The van der Waals surface area contributed by atoms with Crippen LogP contribution in [-0.4, -0.2) is 21.5 Å². The highest BCUT2D eigenvalue weighted by atomic mass is 19.1. The van der Waals surface area contributed by atoms with E-state index in [1.54, 1.807) is 17.9 Å². The van der Waals surface area contributed by atoms with Gasteiger partial charge in [0.05, 0.1) is 11.9 Å². The Bertz CT molecular complexity index is 682. The zero-order valence-corrected chi connectivity index (χ0v) is 13.0. The molecule has 3 rings (SSSR count). The van der Waals surface area contributed by atoms with Gasteiger partial charge in [0.1, 0.15) is 5.82 Å². The van der Waals surface area contributed by atoms with Crippen molar-refractivity contribution in [2.24, 2.45) is 7.05 Å². The fraction of sp³-hybridized carbons (Fsp3) is 0.500. The Morgan fingerprint density at radius 3 is 2.67 bits per heavy atom. The molecule has 0 spiro atoms. The van der Waals surface area contributed by atoms with E-state index in [4.69, 9.17) is 0 Å². The van der Waals surface area contributed by atoms with Gasteiger partial charge in [0.15, 0.2) is 0 Å². The third kappa shape index (κ3) is 2.35. The predicted octanol–water partition coefficient (Wildman–Crippen LogP) is 2.56. The minimum absolute atomic E-state index is 0.0302. The summed E-state index contributed by atoms with van der Waals surface area (Å²) >= 11 is 0. The van der Waals surface area contributed by atoms with Crippen LogP contribution in [0, 0.1) is 5.82 Å². The molecular formula is C16H21FN4. The lowest BCUT2D eigenvalue weighted by molar-refractivity contribution is 0.535. The van der Waals surface area contributed by atoms with Crippen LogP contribution in [0.25, 0.3) is 11.3 Å². The van der Waals surface area contributed by atoms with Gasteiger partial charge in [0, 0.05) is 19.2 Å². The molecule has 0 saturated heterocycles. The van der Waals surface area contributed by atoms with Gasteiger partial charge in [-0.05, 0) is 41.1 Å². The second kappa shape index (κ2) is 4.91. The fourth-order valence-corrected chi connectivity index (χ4v) is 3.03. The monoisotopic (exact) mass is 288 g/mol. The third-order valence-electron chi connectivity index (χ3n) is 4.13. The van der Waals surface area contributed by atoms with Crippen molar-refractivity contribution >= 4 is 0 Å². The van der Waals surface area contributed by atoms with Crippen LogP contribution in [0.15, 0.2) is 12.3 Å². The molecule has 112 valence electrons. The normalized spacial score (nSPS) is 15.1. The van der Waals surface area contributed by atoms with Crippen LogP contribution < -0.4 is 5.32 Å². The number of halogens is 1. The molecule has 1 N–H and O–H groups in total. The second-order valence-electron chi connectivity index (χ2n) is 6.66. The highest BCUT2D eigenvalue weighted by Crippen LogP contribution is 2.36. The molecule has 1 aliphatic rings. The third-order valence-corrected chi connectivity index (χ3v) is 4.13. The molecule has 0 fully saturated rings. The fourth-order valence-electron chi connectivity index (χ4n) is 3.03. The quantitative estimate of drug-likeness (QED) is 0.877. The number of aromatic nitrogens is 3. The maximum absolute atomic E-state index is 15.0. The minimum atomic E-state index is -0.120. The molecule has 5 heteroatoms. The molecular weight excluding hydrogens is 267 g/mol. The summed E-state index contributed by atoms with van der Waals surface area (Å²) in [4.78, 5) is 0. The van der Waals surface area contributed by atoms with Crippen molar-refractivity contribution in [3.8, 4) is 11.3 Å². The van der Waals surface area contributed by atoms with Crippen LogP contribution in [0.4, 0.5) is 4.39 Å². The van der Waals surface area contributed by atoms with E-state index < -0.39 is 0 Å². The Kier molecular flexibility index (Phi) is 3.32. The lowest BCUT2D eigenvalue weighted by Gasteiger charge is -2.29. The van der Waals surface area contributed by atoms with E-state index in [1.165, 1.54) is 5.56 Å². The summed E-state index contributed by atoms with van der Waals surface area (Å²) in [5.74, 6) is -0.120. The number of fused-ring (bicyclic) bond motifs is 1. The summed E-state index contributed by atoms with van der Waals surface area (Å²) in [6.07, 6.45) is 2.35. The van der Waals surface area contributed by atoms with E-state index in [-0.39, 0.29) is 11.2 Å². The molecule has 0 bridgehead atoms. The first kappa shape index (κ1) is 14.2. The van der Waals surface area contributed by atoms with E-state index in [0.29, 0.717) is 5.56 Å². The second-order valence-corrected chi connectivity index (χ2v) is 6.66. The van der Waals surface area contributed by atoms with E-state index in [2.05, 4.69) is 36.4 Å². The zero-order chi connectivity index (χ0) is 15.2. The zero-order valence-electron chi connectivity index (χ0n) is 13.0. The molecule has 0 unspecified atom stereocenters. The van der Waals surface area contributed by atoms with Crippen molar-refractivity contribution in [3.63, 3.8) is 0 Å². The Hall–Kier alpha value is -1.75. The van der Waals surface area contributed by atoms with Crippen molar-refractivity contribution in [1.82, 2.24) is 20.3 Å². The molecule has 21 heavy (non-hydrogen) atoms. The molecule has 0 aliphatic carbocycles. The van der Waals surface area contributed by atoms with Gasteiger partial charge in [-0.15, -0.1) is 5.10 Å². The highest BCUT2D eigenvalue weighted by Gasteiger charge is 2.27. The number of nitrogens with one attached hydrogen (secondary N) is 1. The van der Waals surface area contributed by atoms with Crippen molar-refractivity contribution in [2.75, 3.05) is 6.54 Å². The average Bonchev–Trinajstić information content (AvgIpc) is 2.84. The van der Waals surface area contributed by atoms with E-state index in [0.717, 1.165) is 36.3 Å². The highest BCUT2D eigenvalue weighted by molar-refractivity contribution is 5.65. The Morgan fingerprint density at radius 2 is 2.05 bits per heavy atom. The van der Waals surface area contributed by atoms with Crippen molar-refractivity contribution < 1.29 is 4.39 Å². The molecule has 1 aliphatic heterocycles. The van der Waals surface area contributed by atoms with Crippen molar-refractivity contribution in [1.29, 1.82) is 0 Å². The van der Waals surface area contributed by atoms with Crippen LogP contribution >= 0.6 is 0 Å². The Labute approximate surface area is 124 Å². The van der Waals surface area contributed by atoms with E-state index >= 15 is 0 Å². The molecule has 1 aromatic heterocycles. The SMILES string of the molecule is Cn1nncc1-c1cc(C(C)(C)C)c2c(c1F)CCNC2. The number of nitrogens with zero attached hydrogens (tertiary/aromatic N) is 3. The molecule has 2 heterocycles. The van der Waals surface area contributed by atoms with Gasteiger partial charge < -0.3 is 5.32 Å². The first-order valence-electron chi connectivity index (χ1n) is 7.30. The smallest absolute Gasteiger partial charge is 0.136 e. The number of hydrogen-bond acceptors (Lipinski definition) is 3. The van der Waals surface area contributed by atoms with Crippen LogP contribution in [0.2, 0.25) is 0 Å². The summed E-state index contributed by atoms with van der Waals surface area (Å²) in [6, 6.07) is 1.97. The minimum Gasteiger partial charge on any atom is -0.312 e. The summed E-state index contributed by atoms with van der Waals surface area (Å²) in [6.45, 7) is 8.06. The Balaban J connectivity index is 2.30. The summed E-state index contributed by atoms with van der Waals surface area (Å²) in [7, 11) is 1.79. The lowest BCUT2D eigenvalue weighted by atomic mass is 9.79. The average molecular weight is 288 g/mol. The van der Waals surface area contributed by atoms with Gasteiger partial charge in [0.2, 0.25) is 0 Å². The standard InChI is InChI=1S/C16H21FN4/c1-16(2,3)13-7-11(14-9-19-20-21(14)4)15(17)10-5-6-18-8-12(10)13/h7,9,18H,5-6,8H2,1-4H3. The van der Waals surface area contributed by atoms with Crippen molar-refractivity contribution in [2.45, 2.75) is 39.2 Å². The van der Waals surface area contributed by atoms with Crippen LogP contribution in [0.5, 0.6) is 0 Å². The van der Waals surface area contributed by atoms with Gasteiger partial charge in [-0.25, -0.2) is 9.07 Å². The first-order valence-corrected chi connectivity index (χ1v) is 7.30. The number of benzene rings is 1. The summed E-state index contributed by atoms with van der Waals surface area (Å²) < 4.78 is 16.6. The first-order chi connectivity index (χ1) is 9.89. The van der Waals surface area contributed by atoms with Gasteiger partial charge in [0.25, 0.3) is 0 Å². The molecule has 0 amide bonds. The lowest BCUT2D eigenvalue weighted by Crippen LogP contribution is -2.29. The van der Waals surface area contributed by atoms with E-state index in [1.807, 2.05) is 6.07 Å². The van der Waals surface area contributed by atoms with Crippen LogP contribution in [0.1, 0.15) is 37.5 Å². The largest absolute Gasteiger partial charge is 0.312 e. The topological polar surface area (TPSA) is 42.7 Å². The number of hydrogen-bond donors (Lipinski definition) is 1. The van der Waals surface area contributed by atoms with Crippen LogP contribution in [0.3, 0.4) is 0 Å². The maximum atomic E-state index is 15.0. The number of rotatable bonds is 1. The molecule has 0 saturated carbocycles. The molecule has 0 radical (unpaired) electrons. The summed E-state index contributed by atoms with van der Waals surface area (Å²) in [5, 5.41) is 11.2. The molecule has 0 atom stereocenters. The maximum Gasteiger partial charge on any atom is 0.136 e. The van der Waals surface area contributed by atoms with E-state index in [9.17, 15) is 4.39 Å². The molecule has 1 aromatic carbocycles. The Morgan fingerprint density at radius 1 is 1.29 bits per heavy atom. The van der Waals surface area contributed by atoms with Gasteiger partial charge >= 0.3 is 0 Å². The van der Waals surface area contributed by atoms with Crippen LogP contribution in [-0.2, 0) is 25.4 Å². The predicted molar refractivity (Wildman–Crippen MR) is 80.5 cm³/mol. The molecule has 4 nitrogen and oxygen atoms in total. The summed E-state index contributed by atoms with van der Waals surface area (Å²) in [5.41, 5.74) is 4.45. The van der Waals surface area contributed by atoms with Gasteiger partial charge in [-0.3, -0.25) is 0 Å². The van der Waals surface area contributed by atoms with Gasteiger partial charge in [-0.2, -0.15) is 0 Å². The van der Waals surface area contributed by atoms with Crippen molar-refractivity contribution in [3.05, 3.63) is 34.8 Å².